The smallest absolute Gasteiger partial charge is 0.349 e. The van der Waals surface area contributed by atoms with Gasteiger partial charge in [-0.2, -0.15) is 0 Å². The summed E-state index contributed by atoms with van der Waals surface area (Å²) in [4.78, 5) is 12.2. The molecule has 150 valence electrons. The second-order valence-corrected chi connectivity index (χ2v) is 7.76. The summed E-state index contributed by atoms with van der Waals surface area (Å²) in [6.45, 7) is 2.18. The van der Waals surface area contributed by atoms with Crippen LogP contribution in [0.1, 0.15) is 84.0 Å². The Labute approximate surface area is 165 Å². The number of carbonyl (C=O) groups is 1. The Bertz CT molecular complexity index is 550. The normalized spacial score (nSPS) is 22.6. The summed E-state index contributed by atoms with van der Waals surface area (Å²) in [5.41, 5.74) is 0. The number of rotatable bonds is 4. The maximum atomic E-state index is 12.2. The molecule has 0 N–H and O–H groups in total. The standard InChI is InChI=1S/C24H36O3/c1-21-15-11-8-6-4-2-3-5-7-9-12-18-23(19-21)27-24(25)20-26-22-16-13-10-14-17-22/h10,13-14,16-17,19,21H,2-9,11-12,15,18,20H2,1H3/b23-19+. The molecule has 1 unspecified atom stereocenters. The molecule has 27 heavy (non-hydrogen) atoms. The minimum atomic E-state index is -0.310. The number of esters is 1. The number of benzene rings is 1. The van der Waals surface area contributed by atoms with E-state index in [1.54, 1.807) is 0 Å². The molecule has 1 aromatic rings. The second kappa shape index (κ2) is 13.4. The number of allylic oxidation sites excluding steroid dienone is 2. The van der Waals surface area contributed by atoms with Gasteiger partial charge in [-0.3, -0.25) is 0 Å². The largest absolute Gasteiger partial charge is 0.482 e. The van der Waals surface area contributed by atoms with Gasteiger partial charge < -0.3 is 9.47 Å². The Hall–Kier alpha value is -1.77. The number of hydrogen-bond donors (Lipinski definition) is 0. The van der Waals surface area contributed by atoms with Crippen LogP contribution in [0.5, 0.6) is 5.75 Å². The Morgan fingerprint density at radius 1 is 0.889 bits per heavy atom. The number of ether oxygens (including phenoxy) is 2. The van der Waals surface area contributed by atoms with Gasteiger partial charge in [0.25, 0.3) is 0 Å². The third-order valence-corrected chi connectivity index (χ3v) is 5.15. The number of para-hydroxylation sites is 1. The number of carbonyl (C=O) groups excluding carboxylic acids is 1. The Balaban J connectivity index is 1.85. The van der Waals surface area contributed by atoms with Gasteiger partial charge in [-0.15, -0.1) is 0 Å². The van der Waals surface area contributed by atoms with E-state index >= 15 is 0 Å². The first kappa shape index (κ1) is 21.5. The van der Waals surface area contributed by atoms with Crippen LogP contribution < -0.4 is 4.74 Å². The van der Waals surface area contributed by atoms with Crippen LogP contribution in [-0.2, 0) is 9.53 Å². The van der Waals surface area contributed by atoms with Gasteiger partial charge in [0.05, 0.1) is 0 Å². The predicted molar refractivity (Wildman–Crippen MR) is 111 cm³/mol. The zero-order valence-electron chi connectivity index (χ0n) is 17.0. The van der Waals surface area contributed by atoms with E-state index < -0.39 is 0 Å². The van der Waals surface area contributed by atoms with Gasteiger partial charge in [-0.05, 0) is 37.0 Å². The van der Waals surface area contributed by atoms with Crippen molar-refractivity contribution in [2.24, 2.45) is 5.92 Å². The summed E-state index contributed by atoms with van der Waals surface area (Å²) in [5, 5.41) is 0. The highest BCUT2D eigenvalue weighted by molar-refractivity contribution is 5.72. The molecule has 1 aliphatic rings. The lowest BCUT2D eigenvalue weighted by Crippen LogP contribution is -2.15. The van der Waals surface area contributed by atoms with E-state index in [1.807, 2.05) is 30.3 Å². The first-order chi connectivity index (χ1) is 13.2. The van der Waals surface area contributed by atoms with Crippen molar-refractivity contribution in [3.63, 3.8) is 0 Å². The van der Waals surface area contributed by atoms with Gasteiger partial charge in [-0.25, -0.2) is 4.79 Å². The van der Waals surface area contributed by atoms with E-state index in [-0.39, 0.29) is 12.6 Å². The van der Waals surface area contributed by atoms with Crippen LogP contribution >= 0.6 is 0 Å². The van der Waals surface area contributed by atoms with Crippen molar-refractivity contribution in [3.8, 4) is 5.75 Å². The van der Waals surface area contributed by atoms with Gasteiger partial charge in [0, 0.05) is 6.42 Å². The average Bonchev–Trinajstić information content (AvgIpc) is 2.68. The molecule has 3 heteroatoms. The summed E-state index contributed by atoms with van der Waals surface area (Å²) < 4.78 is 11.2. The van der Waals surface area contributed by atoms with Crippen molar-refractivity contribution in [1.29, 1.82) is 0 Å². The van der Waals surface area contributed by atoms with E-state index in [0.29, 0.717) is 11.7 Å². The number of hydrogen-bond acceptors (Lipinski definition) is 3. The molecule has 0 aliphatic heterocycles. The van der Waals surface area contributed by atoms with Crippen molar-refractivity contribution in [2.75, 3.05) is 6.61 Å². The molecule has 0 heterocycles. The van der Waals surface area contributed by atoms with Crippen LogP contribution in [0.2, 0.25) is 0 Å². The Morgan fingerprint density at radius 3 is 2.15 bits per heavy atom. The molecule has 0 bridgehead atoms. The highest BCUT2D eigenvalue weighted by Crippen LogP contribution is 2.20. The van der Waals surface area contributed by atoms with E-state index in [1.165, 1.54) is 64.2 Å². The van der Waals surface area contributed by atoms with E-state index in [2.05, 4.69) is 13.0 Å². The Morgan fingerprint density at radius 2 is 1.48 bits per heavy atom. The van der Waals surface area contributed by atoms with Crippen molar-refractivity contribution in [3.05, 3.63) is 42.2 Å². The quantitative estimate of drug-likeness (QED) is 0.544. The SMILES string of the molecule is CC1/C=C(/OC(=O)COc2ccccc2)CCCCCCCCCCCC1. The minimum absolute atomic E-state index is 0.0459. The molecule has 3 nitrogen and oxygen atoms in total. The fourth-order valence-corrected chi connectivity index (χ4v) is 3.58. The highest BCUT2D eigenvalue weighted by atomic mass is 16.6. The summed E-state index contributed by atoms with van der Waals surface area (Å²) in [6.07, 6.45) is 17.2. The molecule has 2 rings (SSSR count). The van der Waals surface area contributed by atoms with Crippen molar-refractivity contribution in [1.82, 2.24) is 0 Å². The molecule has 0 radical (unpaired) electrons. The lowest BCUT2D eigenvalue weighted by Gasteiger charge is -2.13. The molecular weight excluding hydrogens is 336 g/mol. The van der Waals surface area contributed by atoms with Crippen LogP contribution in [0.3, 0.4) is 0 Å². The summed E-state index contributed by atoms with van der Waals surface area (Å²) in [7, 11) is 0. The van der Waals surface area contributed by atoms with Gasteiger partial charge in [0.2, 0.25) is 0 Å². The zero-order chi connectivity index (χ0) is 19.2. The average molecular weight is 373 g/mol. The predicted octanol–water partition coefficient (Wildman–Crippen LogP) is 6.82. The molecule has 0 aromatic heterocycles. The molecule has 0 saturated carbocycles. The first-order valence-corrected chi connectivity index (χ1v) is 10.8. The van der Waals surface area contributed by atoms with Crippen LogP contribution in [0.25, 0.3) is 0 Å². The van der Waals surface area contributed by atoms with E-state index in [0.717, 1.165) is 18.6 Å². The molecular formula is C24H36O3. The van der Waals surface area contributed by atoms with Crippen LogP contribution in [0.4, 0.5) is 0 Å². The van der Waals surface area contributed by atoms with Gasteiger partial charge >= 0.3 is 5.97 Å². The molecule has 0 saturated heterocycles. The third kappa shape index (κ3) is 10.2. The molecule has 1 aromatic carbocycles. The monoisotopic (exact) mass is 372 g/mol. The van der Waals surface area contributed by atoms with Crippen LogP contribution in [0.15, 0.2) is 42.2 Å². The van der Waals surface area contributed by atoms with Crippen molar-refractivity contribution >= 4 is 5.97 Å². The second-order valence-electron chi connectivity index (χ2n) is 7.76. The molecule has 0 amide bonds. The molecule has 1 aliphatic carbocycles. The maximum Gasteiger partial charge on any atom is 0.349 e. The van der Waals surface area contributed by atoms with E-state index in [9.17, 15) is 4.79 Å². The molecule has 1 atom stereocenters. The van der Waals surface area contributed by atoms with E-state index in [4.69, 9.17) is 9.47 Å². The fraction of sp³-hybridized carbons (Fsp3) is 0.625. The van der Waals surface area contributed by atoms with Gasteiger partial charge in [-0.1, -0.05) is 82.9 Å². The summed E-state index contributed by atoms with van der Waals surface area (Å²) in [6, 6.07) is 9.40. The summed E-state index contributed by atoms with van der Waals surface area (Å²) in [5.74, 6) is 1.67. The summed E-state index contributed by atoms with van der Waals surface area (Å²) >= 11 is 0. The van der Waals surface area contributed by atoms with Gasteiger partial charge in [0.15, 0.2) is 6.61 Å². The van der Waals surface area contributed by atoms with Crippen LogP contribution in [0, 0.1) is 5.92 Å². The first-order valence-electron chi connectivity index (χ1n) is 10.8. The molecule has 0 fully saturated rings. The lowest BCUT2D eigenvalue weighted by molar-refractivity contribution is -0.142. The van der Waals surface area contributed by atoms with Gasteiger partial charge in [0.1, 0.15) is 11.5 Å². The van der Waals surface area contributed by atoms with Crippen molar-refractivity contribution < 1.29 is 14.3 Å². The topological polar surface area (TPSA) is 35.5 Å². The van der Waals surface area contributed by atoms with Crippen molar-refractivity contribution in [2.45, 2.75) is 84.0 Å². The molecule has 0 spiro atoms. The Kier molecular flexibility index (Phi) is 10.7. The lowest BCUT2D eigenvalue weighted by atomic mass is 10.0. The zero-order valence-corrected chi connectivity index (χ0v) is 17.0. The third-order valence-electron chi connectivity index (χ3n) is 5.15. The van der Waals surface area contributed by atoms with Crippen LogP contribution in [-0.4, -0.2) is 12.6 Å². The fourth-order valence-electron chi connectivity index (χ4n) is 3.58. The maximum absolute atomic E-state index is 12.2. The minimum Gasteiger partial charge on any atom is -0.482 e. The highest BCUT2D eigenvalue weighted by Gasteiger charge is 2.11.